The lowest BCUT2D eigenvalue weighted by atomic mass is 9.84. The lowest BCUT2D eigenvalue weighted by molar-refractivity contribution is 0.0843. The van der Waals surface area contributed by atoms with Crippen LogP contribution in [0.4, 0.5) is 0 Å². The molecule has 4 rings (SSSR count). The van der Waals surface area contributed by atoms with E-state index in [4.69, 9.17) is 14.2 Å². The first-order chi connectivity index (χ1) is 14.1. The second kappa shape index (κ2) is 8.33. The smallest absolute Gasteiger partial charge is 0.251 e. The van der Waals surface area contributed by atoms with E-state index in [0.29, 0.717) is 5.56 Å². The van der Waals surface area contributed by atoms with E-state index in [2.05, 4.69) is 22.3 Å². The third-order valence-corrected chi connectivity index (χ3v) is 6.07. The number of hydrogen-bond donors (Lipinski definition) is 1. The van der Waals surface area contributed by atoms with Gasteiger partial charge >= 0.3 is 0 Å². The van der Waals surface area contributed by atoms with Crippen molar-refractivity contribution in [3.8, 4) is 17.2 Å². The number of nitrogens with one attached hydrogen (secondary N) is 1. The molecule has 0 saturated carbocycles. The number of nitrogens with zero attached hydrogens (tertiary/aromatic N) is 1. The molecule has 29 heavy (non-hydrogen) atoms. The Morgan fingerprint density at radius 3 is 2.41 bits per heavy atom. The van der Waals surface area contributed by atoms with E-state index in [1.54, 1.807) is 33.5 Å². The minimum Gasteiger partial charge on any atom is -0.497 e. The van der Waals surface area contributed by atoms with Gasteiger partial charge in [0.25, 0.3) is 5.91 Å². The standard InChI is InChI=1S/C23H28N2O4/c1-27-18-6-4-15(5-7-18)23(26)24-17-9-11-25-10-8-16-12-21(28-2)22(29-3)14-19(16)20(25)13-17/h4-7,12,14,17,20H,8-11,13H2,1-3H3,(H,24,26). The number of fused-ring (bicyclic) bond motifs is 3. The second-order valence-corrected chi connectivity index (χ2v) is 7.63. The molecule has 2 aromatic rings. The Bertz CT molecular complexity index is 881. The van der Waals surface area contributed by atoms with Crippen LogP contribution in [0.15, 0.2) is 36.4 Å². The molecule has 0 spiro atoms. The molecule has 6 nitrogen and oxygen atoms in total. The Labute approximate surface area is 171 Å². The summed E-state index contributed by atoms with van der Waals surface area (Å²) in [5, 5.41) is 3.23. The van der Waals surface area contributed by atoms with E-state index < -0.39 is 0 Å². The highest BCUT2D eigenvalue weighted by molar-refractivity contribution is 5.94. The normalized spacial score (nSPS) is 20.9. The van der Waals surface area contributed by atoms with Crippen molar-refractivity contribution in [3.05, 3.63) is 53.1 Å². The van der Waals surface area contributed by atoms with Gasteiger partial charge in [0.05, 0.1) is 21.3 Å². The van der Waals surface area contributed by atoms with Crippen molar-refractivity contribution in [1.82, 2.24) is 10.2 Å². The van der Waals surface area contributed by atoms with Crippen molar-refractivity contribution in [2.24, 2.45) is 0 Å². The molecule has 1 saturated heterocycles. The van der Waals surface area contributed by atoms with Gasteiger partial charge in [-0.25, -0.2) is 0 Å². The molecule has 2 heterocycles. The number of carbonyl (C=O) groups excluding carboxylic acids is 1. The number of ether oxygens (including phenoxy) is 3. The number of carbonyl (C=O) groups is 1. The molecule has 2 aromatic carbocycles. The highest BCUT2D eigenvalue weighted by atomic mass is 16.5. The Morgan fingerprint density at radius 1 is 1.00 bits per heavy atom. The van der Waals surface area contributed by atoms with E-state index in [1.807, 2.05) is 12.1 Å². The molecule has 1 N–H and O–H groups in total. The minimum atomic E-state index is -0.0329. The van der Waals surface area contributed by atoms with Gasteiger partial charge in [-0.05, 0) is 66.8 Å². The predicted molar refractivity (Wildman–Crippen MR) is 111 cm³/mol. The van der Waals surface area contributed by atoms with Gasteiger partial charge in [-0.3, -0.25) is 9.69 Å². The number of piperidine rings is 1. The summed E-state index contributed by atoms with van der Waals surface area (Å²) in [7, 11) is 4.96. The number of methoxy groups -OCH3 is 3. The zero-order valence-electron chi connectivity index (χ0n) is 17.2. The largest absolute Gasteiger partial charge is 0.497 e. The monoisotopic (exact) mass is 396 g/mol. The fourth-order valence-corrected chi connectivity index (χ4v) is 4.48. The van der Waals surface area contributed by atoms with Crippen LogP contribution in [-0.2, 0) is 6.42 Å². The minimum absolute atomic E-state index is 0.0329. The zero-order valence-corrected chi connectivity index (χ0v) is 17.2. The summed E-state index contributed by atoms with van der Waals surface area (Å²) in [5.74, 6) is 2.25. The molecule has 6 heteroatoms. The summed E-state index contributed by atoms with van der Waals surface area (Å²) in [5.41, 5.74) is 3.26. The fourth-order valence-electron chi connectivity index (χ4n) is 4.48. The average Bonchev–Trinajstić information content (AvgIpc) is 2.77. The Hall–Kier alpha value is -2.73. The van der Waals surface area contributed by atoms with Gasteiger partial charge in [-0.2, -0.15) is 0 Å². The lowest BCUT2D eigenvalue weighted by Crippen LogP contribution is -2.48. The third kappa shape index (κ3) is 3.90. The maximum atomic E-state index is 12.7. The molecule has 0 bridgehead atoms. The quantitative estimate of drug-likeness (QED) is 0.841. The Balaban J connectivity index is 1.50. The first-order valence-corrected chi connectivity index (χ1v) is 10.1. The summed E-state index contributed by atoms with van der Waals surface area (Å²) < 4.78 is 16.2. The molecule has 2 aliphatic heterocycles. The van der Waals surface area contributed by atoms with Gasteiger partial charge in [-0.1, -0.05) is 0 Å². The fraction of sp³-hybridized carbons (Fsp3) is 0.435. The highest BCUT2D eigenvalue weighted by Gasteiger charge is 2.35. The van der Waals surface area contributed by atoms with E-state index >= 15 is 0 Å². The summed E-state index contributed by atoms with van der Waals surface area (Å²) in [6, 6.07) is 11.9. The molecule has 0 aliphatic carbocycles. The van der Waals surface area contributed by atoms with Crippen molar-refractivity contribution in [2.45, 2.75) is 31.3 Å². The van der Waals surface area contributed by atoms with Crippen molar-refractivity contribution in [1.29, 1.82) is 0 Å². The van der Waals surface area contributed by atoms with Crippen LogP contribution in [0.3, 0.4) is 0 Å². The van der Waals surface area contributed by atoms with Crippen LogP contribution < -0.4 is 19.5 Å². The molecule has 0 radical (unpaired) electrons. The summed E-state index contributed by atoms with van der Waals surface area (Å²) in [6.45, 7) is 2.01. The number of benzene rings is 2. The van der Waals surface area contributed by atoms with Crippen molar-refractivity contribution in [2.75, 3.05) is 34.4 Å². The number of amides is 1. The molecule has 2 unspecified atom stereocenters. The second-order valence-electron chi connectivity index (χ2n) is 7.63. The molecule has 154 valence electrons. The van der Waals surface area contributed by atoms with Crippen molar-refractivity contribution < 1.29 is 19.0 Å². The van der Waals surface area contributed by atoms with Crippen LogP contribution in [0.25, 0.3) is 0 Å². The van der Waals surface area contributed by atoms with Crippen LogP contribution in [0.2, 0.25) is 0 Å². The molecular weight excluding hydrogens is 368 g/mol. The van der Waals surface area contributed by atoms with E-state index in [0.717, 1.165) is 49.6 Å². The van der Waals surface area contributed by atoms with E-state index in [-0.39, 0.29) is 18.0 Å². The Kier molecular flexibility index (Phi) is 5.62. The number of rotatable bonds is 5. The molecule has 1 fully saturated rings. The van der Waals surface area contributed by atoms with Gasteiger partial charge < -0.3 is 19.5 Å². The van der Waals surface area contributed by atoms with Gasteiger partial charge in [-0.15, -0.1) is 0 Å². The molecule has 0 aromatic heterocycles. The lowest BCUT2D eigenvalue weighted by Gasteiger charge is -2.43. The number of hydrogen-bond acceptors (Lipinski definition) is 5. The highest BCUT2D eigenvalue weighted by Crippen LogP contribution is 2.41. The van der Waals surface area contributed by atoms with Crippen LogP contribution >= 0.6 is 0 Å². The predicted octanol–water partition coefficient (Wildman–Crippen LogP) is 3.20. The van der Waals surface area contributed by atoms with Crippen molar-refractivity contribution >= 4 is 5.91 Å². The van der Waals surface area contributed by atoms with Gasteiger partial charge in [0.1, 0.15) is 5.75 Å². The molecule has 2 aliphatic rings. The van der Waals surface area contributed by atoms with Gasteiger partial charge in [0.15, 0.2) is 11.5 Å². The van der Waals surface area contributed by atoms with E-state index in [1.165, 1.54) is 11.1 Å². The Morgan fingerprint density at radius 2 is 1.72 bits per heavy atom. The average molecular weight is 396 g/mol. The summed E-state index contributed by atoms with van der Waals surface area (Å²) >= 11 is 0. The summed E-state index contributed by atoms with van der Waals surface area (Å²) in [6.07, 6.45) is 2.86. The van der Waals surface area contributed by atoms with Crippen LogP contribution in [0, 0.1) is 0 Å². The first-order valence-electron chi connectivity index (χ1n) is 10.1. The third-order valence-electron chi connectivity index (χ3n) is 6.07. The topological polar surface area (TPSA) is 60.0 Å². The molecule has 1 amide bonds. The zero-order chi connectivity index (χ0) is 20.4. The molecule has 2 atom stereocenters. The maximum absolute atomic E-state index is 12.7. The first kappa shape index (κ1) is 19.6. The molecular formula is C23H28N2O4. The maximum Gasteiger partial charge on any atom is 0.251 e. The van der Waals surface area contributed by atoms with Gasteiger partial charge in [0, 0.05) is 30.7 Å². The SMILES string of the molecule is COc1ccc(C(=O)NC2CCN3CCc4cc(OC)c(OC)cc4C3C2)cc1. The van der Waals surface area contributed by atoms with Crippen LogP contribution in [-0.4, -0.2) is 51.3 Å². The van der Waals surface area contributed by atoms with Crippen LogP contribution in [0.5, 0.6) is 17.2 Å². The van der Waals surface area contributed by atoms with Gasteiger partial charge in [0.2, 0.25) is 0 Å². The van der Waals surface area contributed by atoms with Crippen molar-refractivity contribution in [3.63, 3.8) is 0 Å². The van der Waals surface area contributed by atoms with Crippen LogP contribution in [0.1, 0.15) is 40.4 Å². The summed E-state index contributed by atoms with van der Waals surface area (Å²) in [4.78, 5) is 15.2. The van der Waals surface area contributed by atoms with E-state index in [9.17, 15) is 4.79 Å².